The maximum Gasteiger partial charge on any atom is 0.416 e. The molecule has 2 fully saturated rings. The van der Waals surface area contributed by atoms with E-state index in [0.717, 1.165) is 12.1 Å². The van der Waals surface area contributed by atoms with Crippen molar-refractivity contribution >= 4 is 5.97 Å². The molecule has 142 valence electrons. The molecule has 0 aromatic heterocycles. The van der Waals surface area contributed by atoms with Gasteiger partial charge in [0.2, 0.25) is 0 Å². The summed E-state index contributed by atoms with van der Waals surface area (Å²) in [5, 5.41) is 20.0. The standard InChI is InChI=1S/C18H19F3O5/c19-18(20,21)10-2-1-3-12(6-10)25-9-11(22)4-5-13-14-7-17(24)26-16(14)8-15(13)23/h1-6,11,13-16,22-23H,7-9H2/b5-4+/t11-,13?,14?,15?,16?/m1/s1. The molecule has 1 saturated carbocycles. The summed E-state index contributed by atoms with van der Waals surface area (Å²) in [6.45, 7) is -0.232. The SMILES string of the molecule is O=C1CC2C(CC(O)C2/C=C/[C@@H](O)COc2cccc(C(F)(F)F)c2)O1. The Morgan fingerprint density at radius 2 is 2.15 bits per heavy atom. The van der Waals surface area contributed by atoms with E-state index in [-0.39, 0.29) is 42.7 Å². The molecule has 0 spiro atoms. The van der Waals surface area contributed by atoms with E-state index in [2.05, 4.69) is 0 Å². The fourth-order valence-corrected chi connectivity index (χ4v) is 3.44. The molecule has 1 aliphatic heterocycles. The van der Waals surface area contributed by atoms with Gasteiger partial charge in [0.1, 0.15) is 24.6 Å². The molecule has 3 rings (SSSR count). The van der Waals surface area contributed by atoms with Crippen molar-refractivity contribution < 1.29 is 37.7 Å². The second kappa shape index (κ2) is 7.28. The number of benzene rings is 1. The lowest BCUT2D eigenvalue weighted by molar-refractivity contribution is -0.142. The molecule has 0 radical (unpaired) electrons. The van der Waals surface area contributed by atoms with Gasteiger partial charge in [-0.1, -0.05) is 18.2 Å². The van der Waals surface area contributed by atoms with Gasteiger partial charge in [-0.25, -0.2) is 0 Å². The number of carbonyl (C=O) groups is 1. The van der Waals surface area contributed by atoms with Crippen LogP contribution < -0.4 is 4.74 Å². The van der Waals surface area contributed by atoms with Crippen molar-refractivity contribution in [2.24, 2.45) is 11.8 Å². The van der Waals surface area contributed by atoms with E-state index in [4.69, 9.17) is 9.47 Å². The number of carbonyl (C=O) groups excluding carboxylic acids is 1. The van der Waals surface area contributed by atoms with Crippen molar-refractivity contribution in [3.05, 3.63) is 42.0 Å². The Labute approximate surface area is 148 Å². The molecule has 1 aliphatic carbocycles. The Morgan fingerprint density at radius 3 is 2.88 bits per heavy atom. The minimum atomic E-state index is -4.46. The van der Waals surface area contributed by atoms with E-state index in [1.54, 1.807) is 6.08 Å². The second-order valence-corrected chi connectivity index (χ2v) is 6.57. The number of hydrogen-bond donors (Lipinski definition) is 2. The van der Waals surface area contributed by atoms with Gasteiger partial charge in [-0.05, 0) is 18.2 Å². The van der Waals surface area contributed by atoms with Crippen molar-refractivity contribution in [2.75, 3.05) is 6.61 Å². The maximum absolute atomic E-state index is 12.7. The Bertz CT molecular complexity index is 688. The lowest BCUT2D eigenvalue weighted by Crippen LogP contribution is -2.20. The van der Waals surface area contributed by atoms with Crippen molar-refractivity contribution in [3.63, 3.8) is 0 Å². The molecule has 1 aromatic rings. The number of aliphatic hydroxyl groups is 2. The van der Waals surface area contributed by atoms with Gasteiger partial charge >= 0.3 is 12.1 Å². The lowest BCUT2D eigenvalue weighted by atomic mass is 9.91. The van der Waals surface area contributed by atoms with Gasteiger partial charge in [0.25, 0.3) is 0 Å². The summed E-state index contributed by atoms with van der Waals surface area (Å²) in [6.07, 6.45) is -2.85. The number of hydrogen-bond acceptors (Lipinski definition) is 5. The monoisotopic (exact) mass is 372 g/mol. The molecule has 26 heavy (non-hydrogen) atoms. The number of aliphatic hydroxyl groups excluding tert-OH is 2. The van der Waals surface area contributed by atoms with Crippen molar-refractivity contribution in [1.82, 2.24) is 0 Å². The number of alkyl halides is 3. The largest absolute Gasteiger partial charge is 0.491 e. The van der Waals surface area contributed by atoms with Gasteiger partial charge in [-0.15, -0.1) is 0 Å². The Kier molecular flexibility index (Phi) is 5.24. The van der Waals surface area contributed by atoms with Crippen LogP contribution in [-0.4, -0.2) is 41.1 Å². The van der Waals surface area contributed by atoms with Crippen LogP contribution in [-0.2, 0) is 15.7 Å². The van der Waals surface area contributed by atoms with E-state index in [0.29, 0.717) is 6.42 Å². The molecule has 1 aromatic carbocycles. The summed E-state index contributed by atoms with van der Waals surface area (Å²) >= 11 is 0. The molecule has 5 atom stereocenters. The van der Waals surface area contributed by atoms with Gasteiger partial charge in [0.15, 0.2) is 0 Å². The highest BCUT2D eigenvalue weighted by atomic mass is 19.4. The molecule has 1 saturated heterocycles. The first kappa shape index (κ1) is 18.7. The summed E-state index contributed by atoms with van der Waals surface area (Å²) < 4.78 is 48.3. The van der Waals surface area contributed by atoms with Crippen LogP contribution in [0.15, 0.2) is 36.4 Å². The minimum absolute atomic E-state index is 0.00281. The highest BCUT2D eigenvalue weighted by molar-refractivity contribution is 5.72. The van der Waals surface area contributed by atoms with E-state index in [1.165, 1.54) is 18.2 Å². The number of ether oxygens (including phenoxy) is 2. The molecule has 4 unspecified atom stereocenters. The molecule has 8 heteroatoms. The first-order valence-corrected chi connectivity index (χ1v) is 8.28. The molecule has 2 N–H and O–H groups in total. The van der Waals surface area contributed by atoms with Crippen molar-refractivity contribution in [2.45, 2.75) is 37.3 Å². The van der Waals surface area contributed by atoms with Crippen LogP contribution in [0.2, 0.25) is 0 Å². The normalized spacial score (nSPS) is 29.7. The van der Waals surface area contributed by atoms with Crippen LogP contribution in [0.4, 0.5) is 13.2 Å². The van der Waals surface area contributed by atoms with Gasteiger partial charge in [-0.2, -0.15) is 13.2 Å². The van der Waals surface area contributed by atoms with Gasteiger partial charge in [-0.3, -0.25) is 4.79 Å². The summed E-state index contributed by atoms with van der Waals surface area (Å²) in [5.41, 5.74) is -0.828. The summed E-state index contributed by atoms with van der Waals surface area (Å²) in [7, 11) is 0. The lowest BCUT2D eigenvalue weighted by Gasteiger charge is -2.16. The van der Waals surface area contributed by atoms with Crippen molar-refractivity contribution in [3.8, 4) is 5.75 Å². The first-order chi connectivity index (χ1) is 12.2. The number of fused-ring (bicyclic) bond motifs is 1. The molecule has 2 aliphatic rings. The smallest absolute Gasteiger partial charge is 0.416 e. The predicted molar refractivity (Wildman–Crippen MR) is 84.2 cm³/mol. The fourth-order valence-electron chi connectivity index (χ4n) is 3.44. The fraction of sp³-hybridized carbons (Fsp3) is 0.500. The van der Waals surface area contributed by atoms with Crippen LogP contribution in [0.1, 0.15) is 18.4 Å². The zero-order valence-corrected chi connectivity index (χ0v) is 13.7. The third-order valence-electron chi connectivity index (χ3n) is 4.71. The molecule has 5 nitrogen and oxygen atoms in total. The Hall–Kier alpha value is -2.06. The quantitative estimate of drug-likeness (QED) is 0.613. The molecular weight excluding hydrogens is 353 g/mol. The predicted octanol–water partition coefficient (Wildman–Crippen LogP) is 2.31. The third kappa shape index (κ3) is 4.19. The molecule has 1 heterocycles. The van der Waals surface area contributed by atoms with E-state index in [9.17, 15) is 28.2 Å². The van der Waals surface area contributed by atoms with Gasteiger partial charge < -0.3 is 19.7 Å². The summed E-state index contributed by atoms with van der Waals surface area (Å²) in [4.78, 5) is 11.3. The Balaban J connectivity index is 1.55. The zero-order valence-electron chi connectivity index (χ0n) is 13.7. The van der Waals surface area contributed by atoms with Crippen LogP contribution in [0.3, 0.4) is 0 Å². The maximum atomic E-state index is 12.7. The molecule has 0 bridgehead atoms. The van der Waals surface area contributed by atoms with Gasteiger partial charge in [0.05, 0.1) is 18.1 Å². The topological polar surface area (TPSA) is 76.0 Å². The highest BCUT2D eigenvalue weighted by Crippen LogP contribution is 2.42. The number of rotatable bonds is 5. The van der Waals surface area contributed by atoms with E-state index in [1.807, 2.05) is 0 Å². The van der Waals surface area contributed by atoms with Crippen LogP contribution >= 0.6 is 0 Å². The third-order valence-corrected chi connectivity index (χ3v) is 4.71. The highest BCUT2D eigenvalue weighted by Gasteiger charge is 2.48. The number of esters is 1. The van der Waals surface area contributed by atoms with Crippen LogP contribution in [0.25, 0.3) is 0 Å². The van der Waals surface area contributed by atoms with E-state index < -0.39 is 23.9 Å². The van der Waals surface area contributed by atoms with Crippen LogP contribution in [0.5, 0.6) is 5.75 Å². The van der Waals surface area contributed by atoms with Crippen LogP contribution in [0, 0.1) is 11.8 Å². The summed E-state index contributed by atoms with van der Waals surface area (Å²) in [5.74, 6) is -0.721. The number of halogens is 3. The summed E-state index contributed by atoms with van der Waals surface area (Å²) in [6, 6.07) is 4.40. The van der Waals surface area contributed by atoms with E-state index >= 15 is 0 Å². The minimum Gasteiger partial charge on any atom is -0.491 e. The second-order valence-electron chi connectivity index (χ2n) is 6.57. The average molecular weight is 372 g/mol. The van der Waals surface area contributed by atoms with Crippen molar-refractivity contribution in [1.29, 1.82) is 0 Å². The van der Waals surface area contributed by atoms with Gasteiger partial charge in [0, 0.05) is 18.3 Å². The first-order valence-electron chi connectivity index (χ1n) is 8.28. The Morgan fingerprint density at radius 1 is 1.38 bits per heavy atom. The average Bonchev–Trinajstić information content (AvgIpc) is 3.05. The molecule has 0 amide bonds. The zero-order chi connectivity index (χ0) is 18.9. The molecular formula is C18H19F3O5.